The first-order valence-electron chi connectivity index (χ1n) is 7.33. The van der Waals surface area contributed by atoms with E-state index in [1.54, 1.807) is 24.5 Å². The number of benzene rings is 1. The van der Waals surface area contributed by atoms with Crippen molar-refractivity contribution in [2.45, 2.75) is 32.0 Å². The summed E-state index contributed by atoms with van der Waals surface area (Å²) in [6, 6.07) is 9.84. The number of rotatable bonds is 6. The minimum atomic E-state index is -0.179. The van der Waals surface area contributed by atoms with Gasteiger partial charge in [0, 0.05) is 44.3 Å². The van der Waals surface area contributed by atoms with E-state index < -0.39 is 0 Å². The van der Waals surface area contributed by atoms with E-state index in [0.717, 1.165) is 29.9 Å². The average molecular weight is 285 g/mol. The molecule has 0 aliphatic heterocycles. The van der Waals surface area contributed by atoms with Gasteiger partial charge in [0.25, 0.3) is 0 Å². The maximum absolute atomic E-state index is 13.8. The van der Waals surface area contributed by atoms with Gasteiger partial charge in [0.2, 0.25) is 0 Å². The fourth-order valence-corrected chi connectivity index (χ4v) is 2.36. The lowest BCUT2D eigenvalue weighted by Crippen LogP contribution is -2.18. The Morgan fingerprint density at radius 3 is 2.67 bits per heavy atom. The van der Waals surface area contributed by atoms with Crippen molar-refractivity contribution in [1.29, 1.82) is 0 Å². The molecule has 1 aliphatic carbocycles. The van der Waals surface area contributed by atoms with Crippen molar-refractivity contribution in [2.75, 3.05) is 11.9 Å². The zero-order chi connectivity index (χ0) is 14.7. The first kappa shape index (κ1) is 14.0. The molecule has 0 atom stereocenters. The average Bonchev–Trinajstić information content (AvgIpc) is 3.30. The van der Waals surface area contributed by atoms with Crippen LogP contribution < -0.4 is 10.2 Å². The number of halogens is 1. The molecule has 1 aromatic carbocycles. The molecule has 1 aromatic heterocycles. The minimum absolute atomic E-state index is 0.179. The van der Waals surface area contributed by atoms with E-state index in [-0.39, 0.29) is 5.82 Å². The quantitative estimate of drug-likeness (QED) is 0.884. The summed E-state index contributed by atoms with van der Waals surface area (Å²) in [7, 11) is 1.98. The number of hydrogen-bond donors (Lipinski definition) is 1. The lowest BCUT2D eigenvalue weighted by molar-refractivity contribution is 0.619. The summed E-state index contributed by atoms with van der Waals surface area (Å²) >= 11 is 0. The number of anilines is 1. The van der Waals surface area contributed by atoms with Crippen LogP contribution in [0.2, 0.25) is 0 Å². The highest BCUT2D eigenvalue weighted by atomic mass is 19.1. The Morgan fingerprint density at radius 2 is 1.95 bits per heavy atom. The van der Waals surface area contributed by atoms with Gasteiger partial charge in [0.1, 0.15) is 5.82 Å². The van der Waals surface area contributed by atoms with Crippen LogP contribution >= 0.6 is 0 Å². The Hall–Kier alpha value is -1.94. The summed E-state index contributed by atoms with van der Waals surface area (Å²) in [5, 5.41) is 3.42. The molecule has 110 valence electrons. The van der Waals surface area contributed by atoms with E-state index in [9.17, 15) is 4.39 Å². The van der Waals surface area contributed by atoms with Crippen LogP contribution in [-0.4, -0.2) is 18.1 Å². The molecule has 0 saturated heterocycles. The molecule has 21 heavy (non-hydrogen) atoms. The molecule has 4 heteroatoms. The van der Waals surface area contributed by atoms with Gasteiger partial charge >= 0.3 is 0 Å². The number of nitrogens with zero attached hydrogens (tertiary/aromatic N) is 2. The maximum Gasteiger partial charge on any atom is 0.125 e. The fraction of sp³-hybridized carbons (Fsp3) is 0.353. The second-order valence-electron chi connectivity index (χ2n) is 5.68. The van der Waals surface area contributed by atoms with Crippen molar-refractivity contribution in [3.8, 4) is 0 Å². The summed E-state index contributed by atoms with van der Waals surface area (Å²) in [5.41, 5.74) is 3.06. The molecule has 0 amide bonds. The molecule has 1 aliphatic rings. The van der Waals surface area contributed by atoms with E-state index in [0.29, 0.717) is 6.04 Å². The largest absolute Gasteiger partial charge is 0.370 e. The molecule has 1 N–H and O–H groups in total. The van der Waals surface area contributed by atoms with E-state index >= 15 is 0 Å². The van der Waals surface area contributed by atoms with E-state index in [1.807, 2.05) is 19.2 Å². The highest BCUT2D eigenvalue weighted by molar-refractivity contribution is 5.49. The van der Waals surface area contributed by atoms with Crippen LogP contribution in [0.5, 0.6) is 0 Å². The number of hydrogen-bond acceptors (Lipinski definition) is 3. The van der Waals surface area contributed by atoms with Gasteiger partial charge in [0.15, 0.2) is 0 Å². The molecule has 3 nitrogen and oxygen atoms in total. The Balaban J connectivity index is 1.70. The molecule has 0 bridgehead atoms. The van der Waals surface area contributed by atoms with Gasteiger partial charge in [-0.15, -0.1) is 0 Å². The van der Waals surface area contributed by atoms with E-state index in [2.05, 4.69) is 21.3 Å². The van der Waals surface area contributed by atoms with Crippen molar-refractivity contribution >= 4 is 5.69 Å². The summed E-state index contributed by atoms with van der Waals surface area (Å²) in [6.07, 6.45) is 6.04. The third-order valence-corrected chi connectivity index (χ3v) is 3.72. The number of aromatic nitrogens is 1. The molecular weight excluding hydrogens is 265 g/mol. The predicted molar refractivity (Wildman–Crippen MR) is 82.6 cm³/mol. The topological polar surface area (TPSA) is 28.2 Å². The van der Waals surface area contributed by atoms with Gasteiger partial charge in [-0.3, -0.25) is 4.98 Å². The van der Waals surface area contributed by atoms with E-state index in [1.165, 1.54) is 12.8 Å². The Morgan fingerprint density at radius 1 is 1.19 bits per heavy atom. The van der Waals surface area contributed by atoms with Gasteiger partial charge in [-0.2, -0.15) is 0 Å². The normalized spacial score (nSPS) is 14.2. The monoisotopic (exact) mass is 285 g/mol. The van der Waals surface area contributed by atoms with Crippen LogP contribution in [0, 0.1) is 5.82 Å². The van der Waals surface area contributed by atoms with Crippen molar-refractivity contribution in [3.63, 3.8) is 0 Å². The maximum atomic E-state index is 13.8. The molecule has 1 saturated carbocycles. The van der Waals surface area contributed by atoms with Crippen LogP contribution in [0.3, 0.4) is 0 Å². The predicted octanol–water partition coefficient (Wildman–Crippen LogP) is 3.11. The molecule has 0 unspecified atom stereocenters. The highest BCUT2D eigenvalue weighted by Crippen LogP contribution is 2.22. The third kappa shape index (κ3) is 4.02. The standard InChI is InChI=1S/C17H20FN3/c1-21(12-13-4-6-19-7-5-13)17-9-14(8-15(18)10-17)11-20-16-2-3-16/h4-10,16,20H,2-3,11-12H2,1H3. The zero-order valence-electron chi connectivity index (χ0n) is 12.2. The first-order valence-corrected chi connectivity index (χ1v) is 7.33. The second kappa shape index (κ2) is 6.22. The summed E-state index contributed by atoms with van der Waals surface area (Å²) in [5.74, 6) is -0.179. The lowest BCUT2D eigenvalue weighted by Gasteiger charge is -2.20. The number of nitrogens with one attached hydrogen (secondary N) is 1. The van der Waals surface area contributed by atoms with Gasteiger partial charge in [-0.05, 0) is 54.3 Å². The minimum Gasteiger partial charge on any atom is -0.370 e. The van der Waals surface area contributed by atoms with Crippen LogP contribution in [0.25, 0.3) is 0 Å². The molecule has 0 radical (unpaired) electrons. The van der Waals surface area contributed by atoms with Gasteiger partial charge in [0.05, 0.1) is 0 Å². The molecule has 1 fully saturated rings. The highest BCUT2D eigenvalue weighted by Gasteiger charge is 2.20. The van der Waals surface area contributed by atoms with Gasteiger partial charge in [-0.1, -0.05) is 0 Å². The summed E-state index contributed by atoms with van der Waals surface area (Å²) in [6.45, 7) is 1.47. The molecule has 2 aromatic rings. The van der Waals surface area contributed by atoms with E-state index in [4.69, 9.17) is 0 Å². The SMILES string of the molecule is CN(Cc1ccncc1)c1cc(F)cc(CNC2CC2)c1. The van der Waals surface area contributed by atoms with Crippen molar-refractivity contribution < 1.29 is 4.39 Å². The first-order chi connectivity index (χ1) is 10.2. The smallest absolute Gasteiger partial charge is 0.125 e. The molecular formula is C17H20FN3. The molecule has 3 rings (SSSR count). The molecule has 1 heterocycles. The van der Waals surface area contributed by atoms with Crippen LogP contribution in [0.4, 0.5) is 10.1 Å². The fourth-order valence-electron chi connectivity index (χ4n) is 2.36. The van der Waals surface area contributed by atoms with Gasteiger partial charge in [-0.25, -0.2) is 4.39 Å². The summed E-state index contributed by atoms with van der Waals surface area (Å²) < 4.78 is 13.8. The Bertz CT molecular complexity index is 596. The second-order valence-corrected chi connectivity index (χ2v) is 5.68. The van der Waals surface area contributed by atoms with Crippen LogP contribution in [-0.2, 0) is 13.1 Å². The lowest BCUT2D eigenvalue weighted by atomic mass is 10.1. The Kier molecular flexibility index (Phi) is 4.15. The Labute approximate surface area is 124 Å². The number of pyridine rings is 1. The summed E-state index contributed by atoms with van der Waals surface area (Å²) in [4.78, 5) is 6.07. The molecule has 0 spiro atoms. The van der Waals surface area contributed by atoms with Crippen LogP contribution in [0.15, 0.2) is 42.7 Å². The third-order valence-electron chi connectivity index (χ3n) is 3.72. The van der Waals surface area contributed by atoms with Crippen LogP contribution in [0.1, 0.15) is 24.0 Å². The van der Waals surface area contributed by atoms with Crippen molar-refractivity contribution in [3.05, 3.63) is 59.7 Å². The van der Waals surface area contributed by atoms with Crippen molar-refractivity contribution in [2.24, 2.45) is 0 Å². The van der Waals surface area contributed by atoms with Gasteiger partial charge < -0.3 is 10.2 Å². The van der Waals surface area contributed by atoms with Crippen molar-refractivity contribution in [1.82, 2.24) is 10.3 Å². The zero-order valence-corrected chi connectivity index (χ0v) is 12.2.